The monoisotopic (exact) mass is 406 g/mol. The van der Waals surface area contributed by atoms with E-state index in [-0.39, 0.29) is 0 Å². The van der Waals surface area contributed by atoms with Crippen LogP contribution in [0, 0.1) is 6.92 Å². The summed E-state index contributed by atoms with van der Waals surface area (Å²) in [6, 6.07) is 22.3. The maximum Gasteiger partial charge on any atom is 0.176 e. The van der Waals surface area contributed by atoms with Gasteiger partial charge >= 0.3 is 0 Å². The SMILES string of the molecule is Cc1ccc(Cl)cc1NC(=S)Nc1ccn(Cc2cccc3ccccc23)n1. The van der Waals surface area contributed by atoms with Gasteiger partial charge in [-0.15, -0.1) is 0 Å². The Labute approximate surface area is 174 Å². The Hall–Kier alpha value is -2.89. The minimum atomic E-state index is 0.473. The molecule has 0 aliphatic heterocycles. The lowest BCUT2D eigenvalue weighted by Crippen LogP contribution is -2.20. The molecule has 0 aliphatic rings. The predicted octanol–water partition coefficient (Wildman–Crippen LogP) is 5.86. The van der Waals surface area contributed by atoms with Crippen molar-refractivity contribution < 1.29 is 0 Å². The standard InChI is InChI=1S/C22H19ClN4S/c1-15-9-10-18(23)13-20(15)24-22(28)25-21-11-12-27(26-21)14-17-7-4-6-16-5-2-3-8-19(16)17/h2-13H,14H2,1H3,(H2,24,25,26,28). The number of thiocarbonyl (C=S) groups is 1. The first kappa shape index (κ1) is 18.5. The van der Waals surface area contributed by atoms with E-state index in [2.05, 4.69) is 58.2 Å². The van der Waals surface area contributed by atoms with Crippen LogP contribution in [0.15, 0.2) is 72.9 Å². The average Bonchev–Trinajstić information content (AvgIpc) is 3.12. The number of nitrogens with one attached hydrogen (secondary N) is 2. The summed E-state index contributed by atoms with van der Waals surface area (Å²) in [5.41, 5.74) is 3.17. The van der Waals surface area contributed by atoms with Gasteiger partial charge in [-0.3, -0.25) is 4.68 Å². The summed E-state index contributed by atoms with van der Waals surface area (Å²) in [5, 5.41) is 14.5. The Kier molecular flexibility index (Phi) is 5.28. The highest BCUT2D eigenvalue weighted by molar-refractivity contribution is 7.80. The molecule has 1 heterocycles. The Morgan fingerprint density at radius 3 is 2.75 bits per heavy atom. The van der Waals surface area contributed by atoms with E-state index >= 15 is 0 Å². The molecule has 0 radical (unpaired) electrons. The van der Waals surface area contributed by atoms with E-state index in [1.807, 2.05) is 42.1 Å². The fourth-order valence-electron chi connectivity index (χ4n) is 3.12. The number of nitrogens with zero attached hydrogens (tertiary/aromatic N) is 2. The molecule has 140 valence electrons. The third-order valence-corrected chi connectivity index (χ3v) is 4.98. The van der Waals surface area contributed by atoms with Gasteiger partial charge in [0, 0.05) is 23.0 Å². The number of aryl methyl sites for hydroxylation is 1. The van der Waals surface area contributed by atoms with Crippen molar-refractivity contribution in [3.8, 4) is 0 Å². The molecule has 0 bridgehead atoms. The minimum absolute atomic E-state index is 0.473. The summed E-state index contributed by atoms with van der Waals surface area (Å²) >= 11 is 11.5. The Bertz CT molecular complexity index is 1150. The second kappa shape index (κ2) is 8.00. The topological polar surface area (TPSA) is 41.9 Å². The van der Waals surface area contributed by atoms with Gasteiger partial charge in [0.15, 0.2) is 10.9 Å². The lowest BCUT2D eigenvalue weighted by molar-refractivity contribution is 0.693. The van der Waals surface area contributed by atoms with Crippen molar-refractivity contribution in [1.82, 2.24) is 9.78 Å². The first-order valence-electron chi connectivity index (χ1n) is 8.93. The van der Waals surface area contributed by atoms with E-state index in [0.717, 1.165) is 11.3 Å². The Morgan fingerprint density at radius 2 is 1.86 bits per heavy atom. The normalized spacial score (nSPS) is 10.8. The van der Waals surface area contributed by atoms with Gasteiger partial charge < -0.3 is 10.6 Å². The van der Waals surface area contributed by atoms with Gasteiger partial charge in [0.05, 0.1) is 6.54 Å². The lowest BCUT2D eigenvalue weighted by Gasteiger charge is -2.11. The zero-order valence-electron chi connectivity index (χ0n) is 15.3. The Morgan fingerprint density at radius 1 is 1.04 bits per heavy atom. The highest BCUT2D eigenvalue weighted by Gasteiger charge is 2.06. The van der Waals surface area contributed by atoms with Crippen molar-refractivity contribution in [3.63, 3.8) is 0 Å². The molecule has 0 atom stereocenters. The van der Waals surface area contributed by atoms with Crippen LogP contribution < -0.4 is 10.6 Å². The first-order chi connectivity index (χ1) is 13.6. The number of hydrogen-bond acceptors (Lipinski definition) is 2. The molecular weight excluding hydrogens is 388 g/mol. The van der Waals surface area contributed by atoms with Crippen LogP contribution in [0.5, 0.6) is 0 Å². The molecule has 0 aliphatic carbocycles. The molecule has 0 saturated carbocycles. The fraction of sp³-hybridized carbons (Fsp3) is 0.0909. The van der Waals surface area contributed by atoms with Crippen molar-refractivity contribution in [2.75, 3.05) is 10.6 Å². The molecule has 2 N–H and O–H groups in total. The van der Waals surface area contributed by atoms with Crippen LogP contribution in [-0.4, -0.2) is 14.9 Å². The summed E-state index contributed by atoms with van der Waals surface area (Å²) in [6.45, 7) is 2.69. The van der Waals surface area contributed by atoms with E-state index in [1.54, 1.807) is 0 Å². The van der Waals surface area contributed by atoms with Crippen LogP contribution >= 0.6 is 23.8 Å². The number of anilines is 2. The number of benzene rings is 3. The molecule has 4 aromatic rings. The molecule has 0 spiro atoms. The summed E-state index contributed by atoms with van der Waals surface area (Å²) in [4.78, 5) is 0. The van der Waals surface area contributed by atoms with Crippen LogP contribution in [0.1, 0.15) is 11.1 Å². The van der Waals surface area contributed by atoms with Crippen LogP contribution in [0.4, 0.5) is 11.5 Å². The second-order valence-corrected chi connectivity index (χ2v) is 7.42. The van der Waals surface area contributed by atoms with Gasteiger partial charge in [0.25, 0.3) is 0 Å². The largest absolute Gasteiger partial charge is 0.332 e. The molecule has 0 saturated heterocycles. The van der Waals surface area contributed by atoms with Crippen molar-refractivity contribution in [3.05, 3.63) is 89.1 Å². The Balaban J connectivity index is 1.45. The molecule has 4 nitrogen and oxygen atoms in total. The molecule has 0 fully saturated rings. The molecule has 28 heavy (non-hydrogen) atoms. The van der Waals surface area contributed by atoms with E-state index in [1.165, 1.54) is 16.3 Å². The predicted molar refractivity (Wildman–Crippen MR) is 121 cm³/mol. The van der Waals surface area contributed by atoms with E-state index in [9.17, 15) is 0 Å². The van der Waals surface area contributed by atoms with Crippen LogP contribution in [0.2, 0.25) is 5.02 Å². The zero-order chi connectivity index (χ0) is 19.5. The maximum atomic E-state index is 6.06. The van der Waals surface area contributed by atoms with Crippen LogP contribution in [0.3, 0.4) is 0 Å². The molecule has 6 heteroatoms. The van der Waals surface area contributed by atoms with Crippen molar-refractivity contribution in [2.24, 2.45) is 0 Å². The van der Waals surface area contributed by atoms with Gasteiger partial charge in [-0.25, -0.2) is 0 Å². The highest BCUT2D eigenvalue weighted by Crippen LogP contribution is 2.21. The summed E-state index contributed by atoms with van der Waals surface area (Å²) < 4.78 is 1.90. The molecular formula is C22H19ClN4S. The van der Waals surface area contributed by atoms with Gasteiger partial charge in [-0.2, -0.15) is 5.10 Å². The number of hydrogen-bond donors (Lipinski definition) is 2. The highest BCUT2D eigenvalue weighted by atomic mass is 35.5. The molecule has 1 aromatic heterocycles. The van der Waals surface area contributed by atoms with Crippen molar-refractivity contribution in [1.29, 1.82) is 0 Å². The maximum absolute atomic E-state index is 6.06. The van der Waals surface area contributed by atoms with E-state index < -0.39 is 0 Å². The summed E-state index contributed by atoms with van der Waals surface area (Å²) in [5.74, 6) is 0.692. The van der Waals surface area contributed by atoms with E-state index in [4.69, 9.17) is 23.8 Å². The zero-order valence-corrected chi connectivity index (χ0v) is 16.9. The molecule has 0 amide bonds. The smallest absolute Gasteiger partial charge is 0.176 e. The third-order valence-electron chi connectivity index (χ3n) is 4.54. The lowest BCUT2D eigenvalue weighted by atomic mass is 10.0. The third kappa shape index (κ3) is 4.16. The molecule has 3 aromatic carbocycles. The number of aromatic nitrogens is 2. The number of rotatable bonds is 4. The van der Waals surface area contributed by atoms with Crippen LogP contribution in [0.25, 0.3) is 10.8 Å². The van der Waals surface area contributed by atoms with Gasteiger partial charge in [0.2, 0.25) is 0 Å². The summed E-state index contributed by atoms with van der Waals surface area (Å²) in [6.07, 6.45) is 1.94. The number of fused-ring (bicyclic) bond motifs is 1. The van der Waals surface area contributed by atoms with Gasteiger partial charge in [0.1, 0.15) is 0 Å². The number of halogens is 1. The quantitative estimate of drug-likeness (QED) is 0.417. The average molecular weight is 407 g/mol. The minimum Gasteiger partial charge on any atom is -0.332 e. The van der Waals surface area contributed by atoms with Crippen molar-refractivity contribution in [2.45, 2.75) is 13.5 Å². The van der Waals surface area contributed by atoms with Crippen molar-refractivity contribution >= 4 is 51.2 Å². The second-order valence-electron chi connectivity index (χ2n) is 6.58. The van der Waals surface area contributed by atoms with Gasteiger partial charge in [-0.05, 0) is 53.2 Å². The van der Waals surface area contributed by atoms with Crippen LogP contribution in [-0.2, 0) is 6.54 Å². The molecule has 0 unspecified atom stereocenters. The fourth-order valence-corrected chi connectivity index (χ4v) is 3.51. The van der Waals surface area contributed by atoms with E-state index in [0.29, 0.717) is 22.5 Å². The van der Waals surface area contributed by atoms with Gasteiger partial charge in [-0.1, -0.05) is 60.1 Å². The summed E-state index contributed by atoms with van der Waals surface area (Å²) in [7, 11) is 0. The first-order valence-corrected chi connectivity index (χ1v) is 9.71. The molecule has 4 rings (SSSR count).